The molecule has 0 unspecified atom stereocenters. The number of rotatable bonds is 1. The van der Waals surface area contributed by atoms with Crippen LogP contribution >= 0.6 is 0 Å². The lowest BCUT2D eigenvalue weighted by atomic mass is 9.93. The average Bonchev–Trinajstić information content (AvgIpc) is 2.67. The highest BCUT2D eigenvalue weighted by Crippen LogP contribution is 2.32. The van der Waals surface area contributed by atoms with Crippen molar-refractivity contribution in [3.63, 3.8) is 0 Å². The largest absolute Gasteiger partial charge is 0.419 e. The van der Waals surface area contributed by atoms with Gasteiger partial charge in [-0.25, -0.2) is 0 Å². The van der Waals surface area contributed by atoms with Gasteiger partial charge in [-0.2, -0.15) is 18.3 Å². The van der Waals surface area contributed by atoms with E-state index < -0.39 is 11.7 Å². The lowest BCUT2D eigenvalue weighted by Gasteiger charge is -2.25. The number of aliphatic hydroxyl groups is 1. The highest BCUT2D eigenvalue weighted by molar-refractivity contribution is 5.09. The minimum atomic E-state index is -4.33. The van der Waals surface area contributed by atoms with Crippen molar-refractivity contribution in [3.05, 3.63) is 18.0 Å². The fourth-order valence-electron chi connectivity index (χ4n) is 2.01. The zero-order valence-electron chi connectivity index (χ0n) is 8.61. The minimum Gasteiger partial charge on any atom is -0.393 e. The van der Waals surface area contributed by atoms with Gasteiger partial charge in [0.2, 0.25) is 0 Å². The van der Waals surface area contributed by atoms with E-state index >= 15 is 0 Å². The quantitative estimate of drug-likeness (QED) is 0.810. The smallest absolute Gasteiger partial charge is 0.393 e. The second-order valence-electron chi connectivity index (χ2n) is 4.17. The Kier molecular flexibility index (Phi) is 2.92. The zero-order chi connectivity index (χ0) is 11.8. The van der Waals surface area contributed by atoms with Crippen LogP contribution in [0.3, 0.4) is 0 Å². The number of nitrogens with zero attached hydrogens (tertiary/aromatic N) is 2. The average molecular weight is 234 g/mol. The van der Waals surface area contributed by atoms with E-state index in [1.54, 1.807) is 0 Å². The SMILES string of the molecule is OC1CCC(n2cc(C(F)(F)F)cn2)CC1. The van der Waals surface area contributed by atoms with E-state index in [4.69, 9.17) is 0 Å². The molecule has 0 radical (unpaired) electrons. The van der Waals surface area contributed by atoms with Gasteiger partial charge in [0.15, 0.2) is 0 Å². The highest BCUT2D eigenvalue weighted by Gasteiger charge is 2.33. The molecule has 0 bridgehead atoms. The molecule has 16 heavy (non-hydrogen) atoms. The summed E-state index contributed by atoms with van der Waals surface area (Å²) in [4.78, 5) is 0. The Hall–Kier alpha value is -1.04. The summed E-state index contributed by atoms with van der Waals surface area (Å²) in [5, 5.41) is 13.0. The Morgan fingerprint density at radius 3 is 2.38 bits per heavy atom. The predicted molar refractivity (Wildman–Crippen MR) is 50.7 cm³/mol. The third-order valence-corrected chi connectivity index (χ3v) is 2.97. The van der Waals surface area contributed by atoms with Gasteiger partial charge in [-0.05, 0) is 25.7 Å². The summed E-state index contributed by atoms with van der Waals surface area (Å²) in [5.74, 6) is 0. The molecule has 0 spiro atoms. The molecule has 1 aromatic rings. The van der Waals surface area contributed by atoms with Gasteiger partial charge in [0.25, 0.3) is 0 Å². The number of hydrogen-bond acceptors (Lipinski definition) is 2. The van der Waals surface area contributed by atoms with Crippen molar-refractivity contribution in [1.82, 2.24) is 9.78 Å². The first-order valence-electron chi connectivity index (χ1n) is 5.26. The van der Waals surface area contributed by atoms with Gasteiger partial charge in [-0.15, -0.1) is 0 Å². The summed E-state index contributed by atoms with van der Waals surface area (Å²) < 4.78 is 38.4. The van der Waals surface area contributed by atoms with Gasteiger partial charge >= 0.3 is 6.18 Å². The second-order valence-corrected chi connectivity index (χ2v) is 4.17. The van der Waals surface area contributed by atoms with Gasteiger partial charge in [0.1, 0.15) is 0 Å². The van der Waals surface area contributed by atoms with Crippen LogP contribution in [0.25, 0.3) is 0 Å². The molecule has 0 aliphatic heterocycles. The molecule has 0 atom stereocenters. The maximum absolute atomic E-state index is 12.3. The molecule has 1 heterocycles. The van der Waals surface area contributed by atoms with Crippen molar-refractivity contribution in [1.29, 1.82) is 0 Å². The third kappa shape index (κ3) is 2.37. The van der Waals surface area contributed by atoms with E-state index in [1.165, 1.54) is 4.68 Å². The van der Waals surface area contributed by atoms with Gasteiger partial charge < -0.3 is 5.11 Å². The molecule has 90 valence electrons. The molecule has 1 aliphatic carbocycles. The molecular weight excluding hydrogens is 221 g/mol. The molecule has 0 aromatic carbocycles. The highest BCUT2D eigenvalue weighted by atomic mass is 19.4. The summed E-state index contributed by atoms with van der Waals surface area (Å²) >= 11 is 0. The second kappa shape index (κ2) is 4.08. The van der Waals surface area contributed by atoms with Gasteiger partial charge in [0, 0.05) is 6.20 Å². The minimum absolute atomic E-state index is 0.0144. The Morgan fingerprint density at radius 2 is 1.88 bits per heavy atom. The van der Waals surface area contributed by atoms with Gasteiger partial charge in [0.05, 0.1) is 23.9 Å². The van der Waals surface area contributed by atoms with Crippen LogP contribution < -0.4 is 0 Å². The van der Waals surface area contributed by atoms with Crippen LogP contribution in [0, 0.1) is 0 Å². The number of alkyl halides is 3. The molecule has 0 amide bonds. The monoisotopic (exact) mass is 234 g/mol. The molecular formula is C10H13F3N2O. The molecule has 1 N–H and O–H groups in total. The fourth-order valence-corrected chi connectivity index (χ4v) is 2.01. The molecule has 0 saturated heterocycles. The van der Waals surface area contributed by atoms with E-state index in [0.29, 0.717) is 25.7 Å². The number of halogens is 3. The molecule has 3 nitrogen and oxygen atoms in total. The van der Waals surface area contributed by atoms with Crippen LogP contribution in [0.5, 0.6) is 0 Å². The van der Waals surface area contributed by atoms with Crippen molar-refractivity contribution in [3.8, 4) is 0 Å². The van der Waals surface area contributed by atoms with Crippen molar-refractivity contribution in [2.24, 2.45) is 0 Å². The van der Waals surface area contributed by atoms with E-state index in [9.17, 15) is 18.3 Å². The fraction of sp³-hybridized carbons (Fsp3) is 0.700. The molecule has 1 saturated carbocycles. The van der Waals surface area contributed by atoms with Gasteiger partial charge in [-0.3, -0.25) is 4.68 Å². The van der Waals surface area contributed by atoms with Crippen LogP contribution in [0.1, 0.15) is 37.3 Å². The number of hydrogen-bond donors (Lipinski definition) is 1. The van der Waals surface area contributed by atoms with Crippen LogP contribution in [-0.4, -0.2) is 21.0 Å². The molecule has 2 rings (SSSR count). The van der Waals surface area contributed by atoms with Crippen LogP contribution in [-0.2, 0) is 6.18 Å². The number of aliphatic hydroxyl groups excluding tert-OH is 1. The maximum atomic E-state index is 12.3. The summed E-state index contributed by atoms with van der Waals surface area (Å²) in [6, 6.07) is -0.0144. The Balaban J connectivity index is 2.08. The van der Waals surface area contributed by atoms with E-state index in [2.05, 4.69) is 5.10 Å². The van der Waals surface area contributed by atoms with Crippen molar-refractivity contribution >= 4 is 0 Å². The maximum Gasteiger partial charge on any atom is 0.419 e. The van der Waals surface area contributed by atoms with Crippen LogP contribution in [0.4, 0.5) is 13.2 Å². The third-order valence-electron chi connectivity index (χ3n) is 2.97. The summed E-state index contributed by atoms with van der Waals surface area (Å²) in [5.41, 5.74) is -0.710. The van der Waals surface area contributed by atoms with E-state index in [-0.39, 0.29) is 12.1 Å². The first kappa shape index (κ1) is 11.4. The van der Waals surface area contributed by atoms with Crippen LogP contribution in [0.15, 0.2) is 12.4 Å². The van der Waals surface area contributed by atoms with Crippen LogP contribution in [0.2, 0.25) is 0 Å². The van der Waals surface area contributed by atoms with Crippen molar-refractivity contribution < 1.29 is 18.3 Å². The predicted octanol–water partition coefficient (Wildman–Crippen LogP) is 2.38. The van der Waals surface area contributed by atoms with E-state index in [0.717, 1.165) is 12.4 Å². The summed E-state index contributed by atoms with van der Waals surface area (Å²) in [7, 11) is 0. The first-order valence-corrected chi connectivity index (χ1v) is 5.26. The molecule has 1 fully saturated rings. The Labute approximate surface area is 90.9 Å². The van der Waals surface area contributed by atoms with Crippen molar-refractivity contribution in [2.75, 3.05) is 0 Å². The van der Waals surface area contributed by atoms with E-state index in [1.807, 2.05) is 0 Å². The number of aromatic nitrogens is 2. The lowest BCUT2D eigenvalue weighted by molar-refractivity contribution is -0.137. The molecule has 6 heteroatoms. The van der Waals surface area contributed by atoms with Gasteiger partial charge in [-0.1, -0.05) is 0 Å². The standard InChI is InChI=1S/C10H13F3N2O/c11-10(12,13)7-5-14-15(6-7)8-1-3-9(16)4-2-8/h5-6,8-9,16H,1-4H2. The molecule has 1 aliphatic rings. The van der Waals surface area contributed by atoms with Crippen molar-refractivity contribution in [2.45, 2.75) is 44.0 Å². The molecule has 1 aromatic heterocycles. The normalized spacial score (nSPS) is 27.0. The Bertz CT molecular complexity index is 353. The first-order chi connectivity index (χ1) is 7.47. The summed E-state index contributed by atoms with van der Waals surface area (Å²) in [6.45, 7) is 0. The Morgan fingerprint density at radius 1 is 1.25 bits per heavy atom. The summed E-state index contributed by atoms with van der Waals surface area (Å²) in [6.07, 6.45) is -0.119. The zero-order valence-corrected chi connectivity index (χ0v) is 8.61. The topological polar surface area (TPSA) is 38.0 Å². The lowest BCUT2D eigenvalue weighted by Crippen LogP contribution is -2.21.